The number of hydrogen-bond acceptors (Lipinski definition) is 2. The van der Waals surface area contributed by atoms with Crippen LogP contribution in [0.5, 0.6) is 0 Å². The van der Waals surface area contributed by atoms with Crippen molar-refractivity contribution in [2.24, 2.45) is 0 Å². The summed E-state index contributed by atoms with van der Waals surface area (Å²) in [7, 11) is 0. The van der Waals surface area contributed by atoms with E-state index in [4.69, 9.17) is 196 Å². The molecule has 0 N–H and O–H groups in total. The Bertz CT molecular complexity index is 3400. The summed E-state index contributed by atoms with van der Waals surface area (Å²) in [5.41, 5.74) is 2.45. The molecular weight excluding hydrogens is 1210 g/mol. The minimum atomic E-state index is -0.180. The van der Waals surface area contributed by atoms with Gasteiger partial charge < -0.3 is 4.57 Å². The first-order valence-electron chi connectivity index (χ1n) is 17.9. The predicted molar refractivity (Wildman–Crippen MR) is 279 cm³/mol. The molecule has 0 fully saturated rings. The van der Waals surface area contributed by atoms with Crippen molar-refractivity contribution in [3.63, 3.8) is 0 Å². The fourth-order valence-electron chi connectivity index (χ4n) is 7.49. The summed E-state index contributed by atoms with van der Waals surface area (Å²) in [5.74, 6) is 0. The Kier molecular flexibility index (Phi) is 15.0. The Hall–Kier alpha value is -1.36. The van der Waals surface area contributed by atoms with Crippen molar-refractivity contribution in [3.8, 4) is 27.9 Å². The molecule has 4 nitrogen and oxygen atoms in total. The Morgan fingerprint density at radius 2 is 0.815 bits per heavy atom. The van der Waals surface area contributed by atoms with Crippen LogP contribution in [0.4, 0.5) is 0 Å². The normalized spacial score (nSPS) is 12.5. The van der Waals surface area contributed by atoms with Gasteiger partial charge in [-0.1, -0.05) is 198 Å². The van der Waals surface area contributed by atoms with Gasteiger partial charge in [0.2, 0.25) is 0 Å². The molecular formula is C44H14Cl16FeN4. The minimum absolute atomic E-state index is 0. The first kappa shape index (κ1) is 50.0. The van der Waals surface area contributed by atoms with Crippen molar-refractivity contribution >= 4 is 230 Å². The van der Waals surface area contributed by atoms with Gasteiger partial charge in [0.05, 0.1) is 104 Å². The topological polar surface area (TPSA) is 35.6 Å². The molecule has 9 rings (SSSR count). The number of benzene rings is 4. The quantitative estimate of drug-likeness (QED) is 0.165. The van der Waals surface area contributed by atoms with E-state index in [1.807, 2.05) is 0 Å². The van der Waals surface area contributed by atoms with Crippen LogP contribution in [0, 0.1) is 0 Å². The molecule has 2 aliphatic rings. The van der Waals surface area contributed by atoms with Crippen LogP contribution in [0.1, 0.15) is 28.3 Å². The van der Waals surface area contributed by atoms with E-state index in [0.717, 1.165) is 4.09 Å². The molecule has 0 atom stereocenters. The molecule has 0 saturated heterocycles. The smallest absolute Gasteiger partial charge is 0.105 e. The fourth-order valence-corrected chi connectivity index (χ4v) is 12.4. The Morgan fingerprint density at radius 1 is 0.385 bits per heavy atom. The fraction of sp³-hybridized carbons (Fsp3) is 0. The van der Waals surface area contributed by atoms with Gasteiger partial charge in [0.15, 0.2) is 0 Å². The van der Waals surface area contributed by atoms with Crippen LogP contribution < -0.4 is 0 Å². The number of nitrogens with zero attached hydrogens (tertiary/aromatic N) is 4. The molecule has 0 saturated carbocycles. The molecule has 5 heterocycles. The minimum Gasteiger partial charge on any atom is -0.303 e. The van der Waals surface area contributed by atoms with E-state index in [1.54, 1.807) is 89.5 Å². The van der Waals surface area contributed by atoms with Crippen LogP contribution in [0.3, 0.4) is 0 Å². The number of fused-ring (bicyclic) bond motifs is 8. The number of aromatic nitrogens is 4. The van der Waals surface area contributed by atoms with E-state index < -0.39 is 0 Å². The van der Waals surface area contributed by atoms with E-state index in [-0.39, 0.29) is 165 Å². The van der Waals surface area contributed by atoms with Crippen molar-refractivity contribution in [2.75, 3.05) is 0 Å². The SMILES string of the molecule is ClC1=C(Cl)c2nc1c(Cl)c1c(Cl)c(Cl)c(cc3nc(c(-c4c(Cl)cccc4Cl)c4c(-c5c(Cl)cccc5Cl)c(Cl)c(c2Cl)n4-c2c(Cl)cccc2Cl)C(c2c(Cl)cccc2Cl)=C3)n1Cl.[Fe]. The van der Waals surface area contributed by atoms with Gasteiger partial charge in [-0.05, 0) is 60.7 Å². The zero-order chi connectivity index (χ0) is 45.8. The molecule has 2 aliphatic heterocycles. The van der Waals surface area contributed by atoms with Gasteiger partial charge in [0.1, 0.15) is 11.4 Å². The molecule has 0 radical (unpaired) electrons. The second kappa shape index (κ2) is 19.4. The monoisotopic (exact) mass is 1210 g/mol. The van der Waals surface area contributed by atoms with Crippen molar-refractivity contribution in [3.05, 3.63) is 172 Å². The van der Waals surface area contributed by atoms with Crippen LogP contribution in [0.25, 0.3) is 71.7 Å². The molecule has 21 heteroatoms. The van der Waals surface area contributed by atoms with Crippen LogP contribution in [0.15, 0.2) is 78.9 Å². The summed E-state index contributed by atoms with van der Waals surface area (Å²) in [4.78, 5) is 10.0. The molecule has 8 bridgehead atoms. The maximum absolute atomic E-state index is 7.77. The Labute approximate surface area is 460 Å². The van der Waals surface area contributed by atoms with Gasteiger partial charge in [-0.25, -0.2) is 14.1 Å². The third kappa shape index (κ3) is 8.29. The van der Waals surface area contributed by atoms with E-state index in [0.29, 0.717) is 11.1 Å². The summed E-state index contributed by atoms with van der Waals surface area (Å²) in [6.45, 7) is 0. The van der Waals surface area contributed by atoms with E-state index >= 15 is 0 Å². The maximum Gasteiger partial charge on any atom is 0.105 e. The summed E-state index contributed by atoms with van der Waals surface area (Å²) in [5, 5.41) is 0.823. The van der Waals surface area contributed by atoms with Gasteiger partial charge in [-0.15, -0.1) is 0 Å². The molecule has 0 unspecified atom stereocenters. The molecule has 3 aromatic heterocycles. The van der Waals surface area contributed by atoms with Crippen molar-refractivity contribution in [1.82, 2.24) is 18.6 Å². The second-order valence-electron chi connectivity index (χ2n) is 13.8. The van der Waals surface area contributed by atoms with Gasteiger partial charge in [-0.2, -0.15) is 0 Å². The van der Waals surface area contributed by atoms with Gasteiger partial charge in [0, 0.05) is 72.3 Å². The van der Waals surface area contributed by atoms with Crippen molar-refractivity contribution < 1.29 is 17.1 Å². The standard InChI is InChI=1S/C44H14Cl16N4.Fe/c45-17-5-1-6-18(46)26(17)16-13-15-14-25-31(53)35(57)44(64(25)60)37(59)40-34(56)33(55)39(62-40)36(58)43-32(54)29(27-19(47)7-2-8-20(27)48)42(63(43)41-23(51)11-4-12-24(41)52)30(38(16)61-15)28-21(49)9-3-10-22(28)50;/h1-14H;. The first-order valence-corrected chi connectivity index (χ1v) is 23.9. The molecule has 0 aliphatic carbocycles. The molecule has 0 spiro atoms. The average molecular weight is 1220 g/mol. The summed E-state index contributed by atoms with van der Waals surface area (Å²) in [6.07, 6.45) is 1.71. The summed E-state index contributed by atoms with van der Waals surface area (Å²) in [6, 6.07) is 21.4. The molecule has 330 valence electrons. The Morgan fingerprint density at radius 3 is 1.31 bits per heavy atom. The van der Waals surface area contributed by atoms with Crippen LogP contribution >= 0.6 is 186 Å². The summed E-state index contributed by atoms with van der Waals surface area (Å²) < 4.78 is 2.74. The molecule has 65 heavy (non-hydrogen) atoms. The number of para-hydroxylation sites is 1. The van der Waals surface area contributed by atoms with Crippen LogP contribution in [0.2, 0.25) is 65.3 Å². The second-order valence-corrected chi connectivity index (χ2v) is 20.0. The number of hydrogen-bond donors (Lipinski definition) is 0. The van der Waals surface area contributed by atoms with Crippen molar-refractivity contribution in [2.45, 2.75) is 0 Å². The molecule has 7 aromatic rings. The zero-order valence-electron chi connectivity index (χ0n) is 31.3. The van der Waals surface area contributed by atoms with E-state index in [9.17, 15) is 0 Å². The zero-order valence-corrected chi connectivity index (χ0v) is 44.5. The molecule has 0 amide bonds. The van der Waals surface area contributed by atoms with Gasteiger partial charge in [0.25, 0.3) is 0 Å². The first-order chi connectivity index (χ1) is 30.4. The third-order valence-electron chi connectivity index (χ3n) is 10.2. The number of rotatable bonds is 4. The average Bonchev–Trinajstić information content (AvgIpc) is 3.93. The van der Waals surface area contributed by atoms with E-state index in [1.165, 1.54) is 0 Å². The largest absolute Gasteiger partial charge is 0.303 e. The van der Waals surface area contributed by atoms with Crippen LogP contribution in [-0.2, 0) is 17.1 Å². The Balaban J connectivity index is 0.00000576. The van der Waals surface area contributed by atoms with Gasteiger partial charge in [-0.3, -0.25) is 0 Å². The number of halogens is 16. The van der Waals surface area contributed by atoms with E-state index in [2.05, 4.69) is 0 Å². The van der Waals surface area contributed by atoms with Crippen LogP contribution in [-0.4, -0.2) is 18.6 Å². The van der Waals surface area contributed by atoms with Crippen molar-refractivity contribution in [1.29, 1.82) is 0 Å². The summed E-state index contributed by atoms with van der Waals surface area (Å²) >= 11 is 115. The maximum atomic E-state index is 7.77. The molecule has 4 aromatic carbocycles. The third-order valence-corrected chi connectivity index (χ3v) is 15.8. The van der Waals surface area contributed by atoms with Gasteiger partial charge >= 0.3 is 0 Å². The predicted octanol–water partition coefficient (Wildman–Crippen LogP) is 21.0.